The number of thiazole rings is 1. The summed E-state index contributed by atoms with van der Waals surface area (Å²) in [6, 6.07) is 13.6. The number of ether oxygens (including phenoxy) is 1. The molecule has 0 atom stereocenters. The van der Waals surface area contributed by atoms with Gasteiger partial charge in [-0.1, -0.05) is 27.3 Å². The Balaban J connectivity index is 2.01. The first-order valence-electron chi connectivity index (χ1n) is 8.22. The Morgan fingerprint density at radius 3 is 2.73 bits per heavy atom. The Labute approximate surface area is 169 Å². The second-order valence-corrected chi connectivity index (χ2v) is 8.30. The van der Waals surface area contributed by atoms with Gasteiger partial charge in [-0.2, -0.15) is 4.99 Å². The molecule has 0 saturated heterocycles. The molecule has 2 aromatic carbocycles. The van der Waals surface area contributed by atoms with Crippen LogP contribution in [0.25, 0.3) is 10.2 Å². The minimum absolute atomic E-state index is 0.228. The van der Waals surface area contributed by atoms with Crippen LogP contribution in [-0.2, 0) is 11.3 Å². The zero-order valence-electron chi connectivity index (χ0n) is 14.6. The highest BCUT2D eigenvalue weighted by atomic mass is 79.9. The van der Waals surface area contributed by atoms with Gasteiger partial charge >= 0.3 is 0 Å². The van der Waals surface area contributed by atoms with Crippen LogP contribution in [-0.4, -0.2) is 29.9 Å². The van der Waals surface area contributed by atoms with E-state index in [2.05, 4.69) is 25.5 Å². The van der Waals surface area contributed by atoms with Gasteiger partial charge in [-0.05, 0) is 55.6 Å². The minimum Gasteiger partial charge on any atom is -0.380 e. The lowest BCUT2D eigenvalue weighted by atomic mass is 10.2. The molecule has 0 fully saturated rings. The SMILES string of the molecule is CCOCCn1c(=NC(=O)c2ccc(SC)cc2)sc2cc(Br)ccc21. The third-order valence-electron chi connectivity index (χ3n) is 3.84. The van der Waals surface area contributed by atoms with Gasteiger partial charge in [-0.25, -0.2) is 0 Å². The summed E-state index contributed by atoms with van der Waals surface area (Å²) in [5, 5.41) is 0. The predicted molar refractivity (Wildman–Crippen MR) is 112 cm³/mol. The van der Waals surface area contributed by atoms with Crippen LogP contribution in [0.4, 0.5) is 0 Å². The Kier molecular flexibility index (Phi) is 6.69. The van der Waals surface area contributed by atoms with Crippen LogP contribution in [0.15, 0.2) is 56.8 Å². The lowest BCUT2D eigenvalue weighted by Crippen LogP contribution is -2.19. The number of carbonyl (C=O) groups is 1. The average Bonchev–Trinajstić information content (AvgIpc) is 2.98. The average molecular weight is 451 g/mol. The van der Waals surface area contributed by atoms with Crippen LogP contribution < -0.4 is 4.80 Å². The van der Waals surface area contributed by atoms with Gasteiger partial charge in [0.15, 0.2) is 4.80 Å². The van der Waals surface area contributed by atoms with E-state index in [1.807, 2.05) is 55.6 Å². The van der Waals surface area contributed by atoms with Gasteiger partial charge in [0.25, 0.3) is 5.91 Å². The Bertz CT molecular complexity index is 977. The molecule has 0 aliphatic carbocycles. The molecule has 0 aliphatic heterocycles. The Hall–Kier alpha value is -1.41. The number of halogens is 1. The van der Waals surface area contributed by atoms with Gasteiger partial charge in [0.1, 0.15) is 0 Å². The van der Waals surface area contributed by atoms with Crippen LogP contribution >= 0.6 is 39.0 Å². The van der Waals surface area contributed by atoms with Crippen molar-refractivity contribution < 1.29 is 9.53 Å². The summed E-state index contributed by atoms with van der Waals surface area (Å²) < 4.78 is 9.64. The van der Waals surface area contributed by atoms with Crippen molar-refractivity contribution in [2.45, 2.75) is 18.4 Å². The van der Waals surface area contributed by atoms with E-state index >= 15 is 0 Å². The molecule has 0 spiro atoms. The molecule has 0 aliphatic rings. The zero-order chi connectivity index (χ0) is 18.5. The van der Waals surface area contributed by atoms with Crippen LogP contribution in [0.3, 0.4) is 0 Å². The van der Waals surface area contributed by atoms with Crippen LogP contribution in [0.1, 0.15) is 17.3 Å². The van der Waals surface area contributed by atoms with Gasteiger partial charge in [-0.3, -0.25) is 4.79 Å². The largest absolute Gasteiger partial charge is 0.380 e. The summed E-state index contributed by atoms with van der Waals surface area (Å²) >= 11 is 6.67. The van der Waals surface area contributed by atoms with E-state index in [4.69, 9.17) is 4.74 Å². The Morgan fingerprint density at radius 1 is 1.27 bits per heavy atom. The van der Waals surface area contributed by atoms with Gasteiger partial charge in [0.05, 0.1) is 16.8 Å². The molecule has 136 valence electrons. The fourth-order valence-electron chi connectivity index (χ4n) is 2.53. The maximum Gasteiger partial charge on any atom is 0.279 e. The molecule has 4 nitrogen and oxygen atoms in total. The number of hydrogen-bond donors (Lipinski definition) is 0. The third kappa shape index (κ3) is 4.46. The zero-order valence-corrected chi connectivity index (χ0v) is 17.8. The second kappa shape index (κ2) is 8.99. The standard InChI is InChI=1S/C19H19BrN2O2S2/c1-3-24-11-10-22-16-9-6-14(20)12-17(16)26-19(22)21-18(23)13-4-7-15(25-2)8-5-13/h4-9,12H,3,10-11H2,1-2H3. The van der Waals surface area contributed by atoms with Crippen molar-refractivity contribution >= 4 is 55.2 Å². The molecule has 0 N–H and O–H groups in total. The molecule has 0 saturated carbocycles. The molecule has 1 heterocycles. The summed E-state index contributed by atoms with van der Waals surface area (Å²) in [6.07, 6.45) is 2.01. The van der Waals surface area contributed by atoms with Crippen molar-refractivity contribution in [1.82, 2.24) is 4.57 Å². The van der Waals surface area contributed by atoms with Crippen LogP contribution in [0.2, 0.25) is 0 Å². The number of fused-ring (bicyclic) bond motifs is 1. The molecule has 0 unspecified atom stereocenters. The predicted octanol–water partition coefficient (Wildman–Crippen LogP) is 4.96. The van der Waals surface area contributed by atoms with Crippen LogP contribution in [0, 0.1) is 0 Å². The lowest BCUT2D eigenvalue weighted by molar-refractivity contribution is 0.0996. The summed E-state index contributed by atoms with van der Waals surface area (Å²) in [6.45, 7) is 3.89. The topological polar surface area (TPSA) is 43.6 Å². The quantitative estimate of drug-likeness (QED) is 0.393. The van der Waals surface area contributed by atoms with E-state index < -0.39 is 0 Å². The molecule has 1 aromatic heterocycles. The number of hydrogen-bond acceptors (Lipinski definition) is 4. The molecule has 3 rings (SSSR count). The third-order valence-corrected chi connectivity index (χ3v) is 6.12. The van der Waals surface area contributed by atoms with E-state index in [-0.39, 0.29) is 5.91 Å². The Morgan fingerprint density at radius 2 is 2.04 bits per heavy atom. The lowest BCUT2D eigenvalue weighted by Gasteiger charge is -2.05. The maximum absolute atomic E-state index is 12.6. The first-order valence-corrected chi connectivity index (χ1v) is 11.1. The highest BCUT2D eigenvalue weighted by molar-refractivity contribution is 9.10. The van der Waals surface area contributed by atoms with E-state index in [0.29, 0.717) is 30.1 Å². The molecule has 0 bridgehead atoms. The summed E-state index contributed by atoms with van der Waals surface area (Å²) in [5.74, 6) is -0.228. The molecular formula is C19H19BrN2O2S2. The van der Waals surface area contributed by atoms with Crippen LogP contribution in [0.5, 0.6) is 0 Å². The van der Waals surface area contributed by atoms with Crippen molar-refractivity contribution in [3.8, 4) is 0 Å². The van der Waals surface area contributed by atoms with Gasteiger partial charge in [0.2, 0.25) is 0 Å². The number of amides is 1. The minimum atomic E-state index is -0.228. The first kappa shape index (κ1) is 19.4. The van der Waals surface area contributed by atoms with Crippen molar-refractivity contribution in [2.24, 2.45) is 4.99 Å². The molecule has 0 radical (unpaired) electrons. The fourth-order valence-corrected chi connectivity index (χ4v) is 4.55. The number of aromatic nitrogens is 1. The highest BCUT2D eigenvalue weighted by Gasteiger charge is 2.10. The van der Waals surface area contributed by atoms with Crippen molar-refractivity contribution in [3.63, 3.8) is 0 Å². The summed E-state index contributed by atoms with van der Waals surface area (Å²) in [7, 11) is 0. The van der Waals surface area contributed by atoms with Gasteiger partial charge < -0.3 is 9.30 Å². The number of carbonyl (C=O) groups excluding carboxylic acids is 1. The molecule has 7 heteroatoms. The van der Waals surface area contributed by atoms with Gasteiger partial charge in [0, 0.05) is 28.1 Å². The highest BCUT2D eigenvalue weighted by Crippen LogP contribution is 2.22. The maximum atomic E-state index is 12.6. The monoisotopic (exact) mass is 450 g/mol. The fraction of sp³-hybridized carbons (Fsp3) is 0.263. The smallest absolute Gasteiger partial charge is 0.279 e. The molecule has 1 amide bonds. The van der Waals surface area contributed by atoms with E-state index in [1.54, 1.807) is 11.8 Å². The summed E-state index contributed by atoms with van der Waals surface area (Å²) in [4.78, 5) is 18.8. The number of benzene rings is 2. The van der Waals surface area contributed by atoms with Crippen molar-refractivity contribution in [3.05, 3.63) is 57.3 Å². The molecule has 26 heavy (non-hydrogen) atoms. The van der Waals surface area contributed by atoms with Crippen molar-refractivity contribution in [2.75, 3.05) is 19.5 Å². The van der Waals surface area contributed by atoms with E-state index in [0.717, 1.165) is 19.6 Å². The normalized spacial score (nSPS) is 12.0. The number of nitrogens with zero attached hydrogens (tertiary/aromatic N) is 2. The van der Waals surface area contributed by atoms with Gasteiger partial charge in [-0.15, -0.1) is 11.8 Å². The second-order valence-electron chi connectivity index (χ2n) is 5.49. The van der Waals surface area contributed by atoms with Crippen molar-refractivity contribution in [1.29, 1.82) is 0 Å². The molecule has 3 aromatic rings. The summed E-state index contributed by atoms with van der Waals surface area (Å²) in [5.41, 5.74) is 1.65. The van der Waals surface area contributed by atoms with E-state index in [9.17, 15) is 4.79 Å². The number of thioether (sulfide) groups is 1. The molecular weight excluding hydrogens is 432 g/mol. The first-order chi connectivity index (χ1) is 12.6. The number of rotatable bonds is 6. The van der Waals surface area contributed by atoms with E-state index in [1.165, 1.54) is 11.3 Å².